The number of carbonyl (C=O) groups is 3. The van der Waals surface area contributed by atoms with Crippen molar-refractivity contribution >= 4 is 29.4 Å². The lowest BCUT2D eigenvalue weighted by Crippen LogP contribution is -2.60. The zero-order valence-electron chi connectivity index (χ0n) is 36.7. The quantitative estimate of drug-likeness (QED) is 0.250. The molecular formula is C47H66N2O10. The third kappa shape index (κ3) is 10.6. The van der Waals surface area contributed by atoms with E-state index >= 15 is 0 Å². The van der Waals surface area contributed by atoms with Crippen LogP contribution in [0.4, 0.5) is 0 Å². The van der Waals surface area contributed by atoms with Gasteiger partial charge in [-0.1, -0.05) is 82.3 Å². The minimum atomic E-state index is -1.80. The standard InChI is InChI=1S/C47H66N2O10/c1-12-38-47(9,54)43-29(4)39(48-32(7)50)27(2)24-46(8,56-26-34(25-55-43)22-33-17-16-20-36(23-33)35-18-14-13-15-19-35)42(30(5)40(51)31(6)44(53)58-38)59-45-41(52)37(49(10)11)21-28(3)57-45/h13-20,22-23,27-31,37-38,41-43,45,52,54H,12,21,24-26H2,1-11H3/b34-22-,48-39?/t27?,28-,29?,30+,31-,37+,38+,41?,42?,43?,45+,46-,47-/m1/s1. The molecule has 3 fully saturated rings. The lowest BCUT2D eigenvalue weighted by molar-refractivity contribution is -0.296. The van der Waals surface area contributed by atoms with Crippen LogP contribution in [0.5, 0.6) is 0 Å². The number of aliphatic hydroxyl groups is 2. The van der Waals surface area contributed by atoms with Gasteiger partial charge in [0.25, 0.3) is 0 Å². The molecule has 12 heteroatoms. The molecule has 5 rings (SSSR count). The average Bonchev–Trinajstić information content (AvgIpc) is 3.20. The first-order valence-electron chi connectivity index (χ1n) is 21.1. The van der Waals surface area contributed by atoms with E-state index in [1.54, 1.807) is 20.8 Å². The molecular weight excluding hydrogens is 753 g/mol. The molecule has 0 saturated carbocycles. The van der Waals surface area contributed by atoms with Crippen LogP contribution in [-0.2, 0) is 38.1 Å². The van der Waals surface area contributed by atoms with Gasteiger partial charge in [0.1, 0.15) is 23.7 Å². The molecule has 2 N–H and O–H groups in total. The third-order valence-corrected chi connectivity index (χ3v) is 12.5. The molecule has 0 aliphatic carbocycles. The number of aliphatic imine (C=N–C) groups is 1. The summed E-state index contributed by atoms with van der Waals surface area (Å²) in [7, 11) is 3.77. The van der Waals surface area contributed by atoms with Crippen molar-refractivity contribution in [2.45, 2.75) is 136 Å². The molecule has 0 aromatic heterocycles. The molecule has 1 amide bonds. The highest BCUT2D eigenvalue weighted by atomic mass is 16.7. The summed E-state index contributed by atoms with van der Waals surface area (Å²) in [5.41, 5.74) is 1.03. The summed E-state index contributed by atoms with van der Waals surface area (Å²) in [6.45, 7) is 15.5. The van der Waals surface area contributed by atoms with E-state index in [9.17, 15) is 24.6 Å². The number of Topliss-reactive ketones (excluding diaryl/α,β-unsaturated/α-hetero) is 1. The van der Waals surface area contributed by atoms with Crippen molar-refractivity contribution in [3.8, 4) is 11.1 Å². The Kier molecular flexibility index (Phi) is 15.3. The van der Waals surface area contributed by atoms with E-state index in [2.05, 4.69) is 11.1 Å². The second-order valence-corrected chi connectivity index (χ2v) is 17.7. The van der Waals surface area contributed by atoms with E-state index in [0.29, 0.717) is 12.1 Å². The molecule has 324 valence electrons. The van der Waals surface area contributed by atoms with Crippen molar-refractivity contribution in [2.24, 2.45) is 28.7 Å². The molecule has 5 unspecified atom stereocenters. The molecule has 3 heterocycles. The fraction of sp³-hybridized carbons (Fsp3) is 0.617. The summed E-state index contributed by atoms with van der Waals surface area (Å²) in [4.78, 5) is 47.9. The molecule has 2 aromatic carbocycles. The van der Waals surface area contributed by atoms with E-state index in [0.717, 1.165) is 22.3 Å². The highest BCUT2D eigenvalue weighted by Gasteiger charge is 2.53. The van der Waals surface area contributed by atoms with Gasteiger partial charge < -0.3 is 38.8 Å². The number of rotatable bonds is 6. The number of ether oxygens (including phenoxy) is 5. The van der Waals surface area contributed by atoms with Gasteiger partial charge in [-0.15, -0.1) is 0 Å². The number of aliphatic hydroxyl groups excluding tert-OH is 1. The average molecular weight is 819 g/mol. The number of esters is 1. The Morgan fingerprint density at radius 2 is 1.66 bits per heavy atom. The fourth-order valence-corrected chi connectivity index (χ4v) is 9.33. The normalized spacial score (nSPS) is 38.0. The van der Waals surface area contributed by atoms with Gasteiger partial charge in [0.15, 0.2) is 12.1 Å². The molecule has 3 saturated heterocycles. The van der Waals surface area contributed by atoms with E-state index in [1.807, 2.05) is 101 Å². The number of cyclic esters (lactones) is 1. The summed E-state index contributed by atoms with van der Waals surface area (Å²) in [6, 6.07) is 17.9. The summed E-state index contributed by atoms with van der Waals surface area (Å²) in [5.74, 6) is -5.05. The number of fused-ring (bicyclic) bond motifs is 5. The number of ketones is 1. The van der Waals surface area contributed by atoms with Crippen LogP contribution in [-0.4, -0.2) is 120 Å². The largest absolute Gasteiger partial charge is 0.459 e. The van der Waals surface area contributed by atoms with Crippen LogP contribution >= 0.6 is 0 Å². The van der Waals surface area contributed by atoms with Gasteiger partial charge in [0.05, 0.1) is 37.1 Å². The zero-order valence-corrected chi connectivity index (χ0v) is 36.7. The number of hydrogen-bond acceptors (Lipinski definition) is 11. The van der Waals surface area contributed by atoms with Crippen LogP contribution in [0.3, 0.4) is 0 Å². The smallest absolute Gasteiger partial charge is 0.316 e. The number of amides is 1. The maximum absolute atomic E-state index is 14.6. The Balaban J connectivity index is 1.74. The van der Waals surface area contributed by atoms with Crippen molar-refractivity contribution in [1.82, 2.24) is 4.90 Å². The molecule has 2 aromatic rings. The molecule has 0 radical (unpaired) electrons. The Morgan fingerprint density at radius 3 is 2.31 bits per heavy atom. The molecule has 0 spiro atoms. The second-order valence-electron chi connectivity index (χ2n) is 17.7. The number of carbonyl (C=O) groups excluding carboxylic acids is 3. The SMILES string of the molecule is CC[C@@H]1OC(=O)[C@H](C)C(=O)[C@H](C)C(O[C@@H]2O[C@H](C)C[C@H](N(C)C)C2O)[C@@]2(C)CC(C)C(=NC(C)=O)C(C)C(OC/C(=C/c3cccc(-c4ccccc4)c3)CO2)[C@]1(C)O. The maximum atomic E-state index is 14.6. The monoisotopic (exact) mass is 818 g/mol. The Labute approximate surface area is 350 Å². The molecule has 3 aliphatic heterocycles. The third-order valence-electron chi connectivity index (χ3n) is 12.5. The summed E-state index contributed by atoms with van der Waals surface area (Å²) in [6.07, 6.45) is -2.74. The first-order valence-corrected chi connectivity index (χ1v) is 21.1. The topological polar surface area (TPSA) is 153 Å². The van der Waals surface area contributed by atoms with Gasteiger partial charge in [-0.25, -0.2) is 4.99 Å². The summed E-state index contributed by atoms with van der Waals surface area (Å²) < 4.78 is 33.0. The molecule has 59 heavy (non-hydrogen) atoms. The highest BCUT2D eigenvalue weighted by Crippen LogP contribution is 2.41. The molecule has 13 atom stereocenters. The van der Waals surface area contributed by atoms with Crippen LogP contribution in [0.15, 0.2) is 65.2 Å². The van der Waals surface area contributed by atoms with Gasteiger partial charge in [-0.3, -0.25) is 14.4 Å². The lowest BCUT2D eigenvalue weighted by Gasteiger charge is -2.47. The van der Waals surface area contributed by atoms with Crippen LogP contribution < -0.4 is 0 Å². The van der Waals surface area contributed by atoms with Crippen molar-refractivity contribution in [1.29, 1.82) is 0 Å². The Bertz CT molecular complexity index is 1840. The van der Waals surface area contributed by atoms with Crippen molar-refractivity contribution in [3.63, 3.8) is 0 Å². The summed E-state index contributed by atoms with van der Waals surface area (Å²) >= 11 is 0. The Hall–Kier alpha value is -3.62. The van der Waals surface area contributed by atoms with E-state index < -0.39 is 83.2 Å². The summed E-state index contributed by atoms with van der Waals surface area (Å²) in [5, 5.41) is 24.2. The minimum Gasteiger partial charge on any atom is -0.459 e. The maximum Gasteiger partial charge on any atom is 0.316 e. The van der Waals surface area contributed by atoms with Crippen LogP contribution in [0, 0.1) is 23.7 Å². The van der Waals surface area contributed by atoms with Gasteiger partial charge >= 0.3 is 5.97 Å². The minimum absolute atomic E-state index is 0.00813. The van der Waals surface area contributed by atoms with E-state index in [-0.39, 0.29) is 38.2 Å². The Morgan fingerprint density at radius 1 is 0.983 bits per heavy atom. The number of likely N-dealkylation sites (N-methyl/N-ethyl adjacent to an activating group) is 1. The molecule has 12 nitrogen and oxygen atoms in total. The van der Waals surface area contributed by atoms with Crippen LogP contribution in [0.1, 0.15) is 87.1 Å². The van der Waals surface area contributed by atoms with E-state index in [4.69, 9.17) is 23.7 Å². The van der Waals surface area contributed by atoms with Crippen molar-refractivity contribution < 1.29 is 48.3 Å². The van der Waals surface area contributed by atoms with Crippen molar-refractivity contribution in [2.75, 3.05) is 27.3 Å². The van der Waals surface area contributed by atoms with E-state index in [1.165, 1.54) is 13.8 Å². The second kappa shape index (κ2) is 19.4. The number of hydrogen-bond donors (Lipinski definition) is 2. The van der Waals surface area contributed by atoms with Crippen LogP contribution in [0.2, 0.25) is 0 Å². The van der Waals surface area contributed by atoms with Gasteiger partial charge in [0, 0.05) is 30.5 Å². The first kappa shape index (κ1) is 46.4. The predicted octanol–water partition coefficient (Wildman–Crippen LogP) is 6.30. The van der Waals surface area contributed by atoms with Gasteiger partial charge in [-0.2, -0.15) is 0 Å². The first-order chi connectivity index (χ1) is 27.8. The molecule has 2 bridgehead atoms. The number of nitrogens with zero attached hydrogens (tertiary/aromatic N) is 2. The van der Waals surface area contributed by atoms with Crippen LogP contribution in [0.25, 0.3) is 17.2 Å². The number of benzene rings is 2. The molecule has 3 aliphatic rings. The highest BCUT2D eigenvalue weighted by molar-refractivity contribution is 6.00. The van der Waals surface area contributed by atoms with Gasteiger partial charge in [-0.05, 0) is 95.3 Å². The van der Waals surface area contributed by atoms with Gasteiger partial charge in [0.2, 0.25) is 5.91 Å². The fourth-order valence-electron chi connectivity index (χ4n) is 9.33. The predicted molar refractivity (Wildman–Crippen MR) is 226 cm³/mol. The lowest BCUT2D eigenvalue weighted by atomic mass is 9.73. The van der Waals surface area contributed by atoms with Crippen molar-refractivity contribution in [3.05, 3.63) is 65.7 Å². The zero-order chi connectivity index (χ0) is 43.4.